The molecular formula is C17H17F2N3OS. The topological polar surface area (TPSA) is 45.2 Å². The first-order valence-electron chi connectivity index (χ1n) is 8.03. The SMILES string of the molecule is O=C(N[C@H](c1nccs1)C1CC1)N1CCc2c(F)cc(F)cc2C1. The molecule has 2 amide bonds. The van der Waals surface area contributed by atoms with E-state index in [4.69, 9.17) is 0 Å². The molecule has 4 nitrogen and oxygen atoms in total. The minimum atomic E-state index is -0.604. The van der Waals surface area contributed by atoms with Gasteiger partial charge in [0.2, 0.25) is 0 Å². The van der Waals surface area contributed by atoms with Crippen LogP contribution in [0, 0.1) is 17.6 Å². The van der Waals surface area contributed by atoms with Crippen molar-refractivity contribution in [2.45, 2.75) is 31.8 Å². The maximum atomic E-state index is 13.8. The number of hydrogen-bond donors (Lipinski definition) is 1. The van der Waals surface area contributed by atoms with Crippen molar-refractivity contribution in [2.24, 2.45) is 5.92 Å². The summed E-state index contributed by atoms with van der Waals surface area (Å²) >= 11 is 1.54. The Morgan fingerprint density at radius 1 is 1.38 bits per heavy atom. The second kappa shape index (κ2) is 6.12. The smallest absolute Gasteiger partial charge is 0.318 e. The number of benzene rings is 1. The largest absolute Gasteiger partial charge is 0.328 e. The first-order valence-corrected chi connectivity index (χ1v) is 8.91. The van der Waals surface area contributed by atoms with Crippen molar-refractivity contribution in [2.75, 3.05) is 6.54 Å². The molecule has 1 atom stereocenters. The van der Waals surface area contributed by atoms with E-state index in [0.717, 1.165) is 23.9 Å². The van der Waals surface area contributed by atoms with Crippen molar-refractivity contribution in [3.63, 3.8) is 0 Å². The monoisotopic (exact) mass is 349 g/mol. The lowest BCUT2D eigenvalue weighted by Crippen LogP contribution is -2.44. The van der Waals surface area contributed by atoms with Gasteiger partial charge in [-0.1, -0.05) is 0 Å². The molecule has 7 heteroatoms. The molecule has 4 rings (SSSR count). The average Bonchev–Trinajstić information content (AvgIpc) is 3.25. The summed E-state index contributed by atoms with van der Waals surface area (Å²) < 4.78 is 27.2. The molecule has 1 fully saturated rings. The fraction of sp³-hybridized carbons (Fsp3) is 0.412. The summed E-state index contributed by atoms with van der Waals surface area (Å²) in [4.78, 5) is 18.6. The molecule has 2 aliphatic rings. The summed E-state index contributed by atoms with van der Waals surface area (Å²) in [5, 5.41) is 5.88. The molecule has 0 radical (unpaired) electrons. The Hall–Kier alpha value is -2.02. The molecule has 2 aromatic rings. The van der Waals surface area contributed by atoms with Gasteiger partial charge in [0, 0.05) is 30.7 Å². The highest BCUT2D eigenvalue weighted by Gasteiger charge is 2.36. The van der Waals surface area contributed by atoms with E-state index < -0.39 is 11.6 Å². The highest BCUT2D eigenvalue weighted by molar-refractivity contribution is 7.09. The molecule has 1 N–H and O–H groups in total. The van der Waals surface area contributed by atoms with Crippen LogP contribution in [0.15, 0.2) is 23.7 Å². The molecule has 1 saturated carbocycles. The number of urea groups is 1. The van der Waals surface area contributed by atoms with E-state index >= 15 is 0 Å². The Balaban J connectivity index is 1.49. The van der Waals surface area contributed by atoms with Gasteiger partial charge in [-0.15, -0.1) is 11.3 Å². The molecule has 0 unspecified atom stereocenters. The van der Waals surface area contributed by atoms with Crippen LogP contribution in [-0.4, -0.2) is 22.5 Å². The van der Waals surface area contributed by atoms with Crippen LogP contribution in [0.5, 0.6) is 0 Å². The Morgan fingerprint density at radius 3 is 2.92 bits per heavy atom. The summed E-state index contributed by atoms with van der Waals surface area (Å²) in [5.41, 5.74) is 1.06. The highest BCUT2D eigenvalue weighted by atomic mass is 32.1. The van der Waals surface area contributed by atoms with Gasteiger partial charge in [0.25, 0.3) is 0 Å². The van der Waals surface area contributed by atoms with Crippen molar-refractivity contribution in [1.29, 1.82) is 0 Å². The van der Waals surface area contributed by atoms with Crippen LogP contribution in [0.2, 0.25) is 0 Å². The van der Waals surface area contributed by atoms with Crippen LogP contribution in [0.25, 0.3) is 0 Å². The zero-order chi connectivity index (χ0) is 16.7. The van der Waals surface area contributed by atoms with Crippen molar-refractivity contribution in [3.05, 3.63) is 51.5 Å². The van der Waals surface area contributed by atoms with Crippen molar-refractivity contribution < 1.29 is 13.6 Å². The summed E-state index contributed by atoms with van der Waals surface area (Å²) in [7, 11) is 0. The molecule has 0 bridgehead atoms. The first kappa shape index (κ1) is 15.5. The molecule has 0 saturated heterocycles. The molecule has 1 aromatic carbocycles. The number of rotatable bonds is 3. The first-order chi connectivity index (χ1) is 11.6. The molecular weight excluding hydrogens is 332 g/mol. The third-order valence-corrected chi connectivity index (χ3v) is 5.48. The minimum absolute atomic E-state index is 0.0665. The normalized spacial score (nSPS) is 18.2. The van der Waals surface area contributed by atoms with E-state index in [-0.39, 0.29) is 18.6 Å². The number of carbonyl (C=O) groups is 1. The summed E-state index contributed by atoms with van der Waals surface area (Å²) in [6.07, 6.45) is 4.32. The fourth-order valence-electron chi connectivity index (χ4n) is 3.21. The highest BCUT2D eigenvalue weighted by Crippen LogP contribution is 2.41. The van der Waals surface area contributed by atoms with Gasteiger partial charge in [0.05, 0.1) is 6.04 Å². The Bertz CT molecular complexity index is 761. The number of fused-ring (bicyclic) bond motifs is 1. The van der Waals surface area contributed by atoms with Gasteiger partial charge >= 0.3 is 6.03 Å². The fourth-order valence-corrected chi connectivity index (χ4v) is 3.99. The predicted octanol–water partition coefficient (Wildman–Crippen LogP) is 3.64. The summed E-state index contributed by atoms with van der Waals surface area (Å²) in [6.45, 7) is 0.655. The van der Waals surface area contributed by atoms with Crippen LogP contribution in [0.4, 0.5) is 13.6 Å². The average molecular weight is 349 g/mol. The van der Waals surface area contributed by atoms with Gasteiger partial charge in [-0.25, -0.2) is 18.6 Å². The zero-order valence-electron chi connectivity index (χ0n) is 13.0. The van der Waals surface area contributed by atoms with Gasteiger partial charge in [-0.2, -0.15) is 0 Å². The number of thiazole rings is 1. The van der Waals surface area contributed by atoms with Crippen molar-refractivity contribution in [3.8, 4) is 0 Å². The second-order valence-electron chi connectivity index (χ2n) is 6.33. The number of carbonyl (C=O) groups excluding carboxylic acids is 1. The molecule has 126 valence electrons. The van der Waals surface area contributed by atoms with Crippen molar-refractivity contribution in [1.82, 2.24) is 15.2 Å². The van der Waals surface area contributed by atoms with E-state index in [9.17, 15) is 13.6 Å². The van der Waals surface area contributed by atoms with Gasteiger partial charge in [0.1, 0.15) is 16.6 Å². The van der Waals surface area contributed by atoms with Crippen LogP contribution in [-0.2, 0) is 13.0 Å². The van der Waals surface area contributed by atoms with E-state index in [1.165, 1.54) is 17.4 Å². The van der Waals surface area contributed by atoms with E-state index in [0.29, 0.717) is 30.0 Å². The Labute approximate surface area is 142 Å². The maximum Gasteiger partial charge on any atom is 0.318 e. The standard InChI is InChI=1S/C17H17F2N3OS/c18-12-7-11-9-22(5-3-13(11)14(19)8-12)17(23)21-15(10-1-2-10)16-20-4-6-24-16/h4,6-8,10,15H,1-3,5,9H2,(H,21,23)/t15-/m0/s1. The Morgan fingerprint density at radius 2 is 2.21 bits per heavy atom. The summed E-state index contributed by atoms with van der Waals surface area (Å²) in [5.74, 6) is -0.692. The van der Waals surface area contributed by atoms with Crippen molar-refractivity contribution >= 4 is 17.4 Å². The van der Waals surface area contributed by atoms with Crippen LogP contribution < -0.4 is 5.32 Å². The molecule has 24 heavy (non-hydrogen) atoms. The molecule has 1 aliphatic carbocycles. The zero-order valence-corrected chi connectivity index (χ0v) is 13.8. The number of aromatic nitrogens is 1. The van der Waals surface area contributed by atoms with Gasteiger partial charge in [-0.05, 0) is 42.4 Å². The van der Waals surface area contributed by atoms with Gasteiger partial charge < -0.3 is 10.2 Å². The number of hydrogen-bond acceptors (Lipinski definition) is 3. The van der Waals surface area contributed by atoms with E-state index in [1.54, 1.807) is 11.1 Å². The van der Waals surface area contributed by atoms with Gasteiger partial charge in [0.15, 0.2) is 0 Å². The second-order valence-corrected chi connectivity index (χ2v) is 7.26. The number of amides is 2. The number of nitrogens with zero attached hydrogens (tertiary/aromatic N) is 2. The lowest BCUT2D eigenvalue weighted by Gasteiger charge is -2.30. The van der Waals surface area contributed by atoms with Crippen LogP contribution in [0.1, 0.15) is 35.0 Å². The number of nitrogens with one attached hydrogen (secondary N) is 1. The van der Waals surface area contributed by atoms with E-state index in [1.807, 2.05) is 5.38 Å². The van der Waals surface area contributed by atoms with E-state index in [2.05, 4.69) is 10.3 Å². The Kier molecular flexibility index (Phi) is 3.96. The molecule has 1 aliphatic heterocycles. The summed E-state index contributed by atoms with van der Waals surface area (Å²) in [6, 6.07) is 1.96. The third kappa shape index (κ3) is 3.00. The molecule has 2 heterocycles. The third-order valence-electron chi connectivity index (χ3n) is 4.62. The number of halogens is 2. The van der Waals surface area contributed by atoms with Gasteiger partial charge in [-0.3, -0.25) is 0 Å². The lowest BCUT2D eigenvalue weighted by atomic mass is 9.99. The molecule has 0 spiro atoms. The minimum Gasteiger partial charge on any atom is -0.328 e. The quantitative estimate of drug-likeness (QED) is 0.919. The maximum absolute atomic E-state index is 13.8. The lowest BCUT2D eigenvalue weighted by molar-refractivity contribution is 0.186. The molecule has 1 aromatic heterocycles. The van der Waals surface area contributed by atoms with Crippen LogP contribution in [0.3, 0.4) is 0 Å². The predicted molar refractivity (Wildman–Crippen MR) is 86.6 cm³/mol. The van der Waals surface area contributed by atoms with Crippen LogP contribution >= 0.6 is 11.3 Å².